The first kappa shape index (κ1) is 17.3. The van der Waals surface area contributed by atoms with Crippen LogP contribution in [0.1, 0.15) is 19.4 Å². The minimum Gasteiger partial charge on any atom is -0.326 e. The fourth-order valence-corrected chi connectivity index (χ4v) is 3.50. The van der Waals surface area contributed by atoms with Gasteiger partial charge < -0.3 is 5.32 Å². The Morgan fingerprint density at radius 1 is 1.35 bits per heavy atom. The van der Waals surface area contributed by atoms with Crippen LogP contribution in [0.15, 0.2) is 23.1 Å². The van der Waals surface area contributed by atoms with Crippen LogP contribution in [0, 0.1) is 28.6 Å². The van der Waals surface area contributed by atoms with Crippen molar-refractivity contribution in [3.05, 3.63) is 23.8 Å². The van der Waals surface area contributed by atoms with Crippen LogP contribution in [-0.2, 0) is 14.6 Å². The summed E-state index contributed by atoms with van der Waals surface area (Å²) in [5.41, 5.74) is -0.654. The van der Waals surface area contributed by atoms with Crippen molar-refractivity contribution in [2.24, 2.45) is 17.3 Å². The van der Waals surface area contributed by atoms with Crippen LogP contribution in [0.3, 0.4) is 0 Å². The highest BCUT2D eigenvalue weighted by Gasteiger charge is 2.65. The summed E-state index contributed by atoms with van der Waals surface area (Å²) < 4.78 is 49.0. The lowest BCUT2D eigenvalue weighted by atomic mass is 10.1. The summed E-state index contributed by atoms with van der Waals surface area (Å²) in [6, 6.07) is 5.51. The Morgan fingerprint density at radius 2 is 1.96 bits per heavy atom. The van der Waals surface area contributed by atoms with Gasteiger partial charge in [0.25, 0.3) is 0 Å². The molecule has 0 aliphatic heterocycles. The Bertz CT molecular complexity index is 797. The first-order valence-corrected chi connectivity index (χ1v) is 8.72. The molecule has 5 nitrogen and oxygen atoms in total. The Balaban J connectivity index is 2.28. The molecule has 1 fully saturated rings. The smallest absolute Gasteiger partial charge is 0.242 e. The Hall–Kier alpha value is -2.01. The zero-order valence-corrected chi connectivity index (χ0v) is 13.6. The van der Waals surface area contributed by atoms with Gasteiger partial charge in [-0.2, -0.15) is 5.26 Å². The highest BCUT2D eigenvalue weighted by molar-refractivity contribution is 7.90. The molecule has 1 aliphatic rings. The van der Waals surface area contributed by atoms with E-state index in [0.717, 1.165) is 6.26 Å². The van der Waals surface area contributed by atoms with Gasteiger partial charge in [-0.25, -0.2) is 17.2 Å². The average molecular weight is 342 g/mol. The molecular formula is C15H16F2N2O3S. The van der Waals surface area contributed by atoms with Crippen molar-refractivity contribution in [3.63, 3.8) is 0 Å². The van der Waals surface area contributed by atoms with Gasteiger partial charge in [0, 0.05) is 17.9 Å². The van der Waals surface area contributed by atoms with E-state index < -0.39 is 39.4 Å². The normalized spacial score (nSPS) is 22.5. The number of carbonyl (C=O) groups is 1. The predicted octanol–water partition coefficient (Wildman–Crippen LogP) is 2.44. The van der Waals surface area contributed by atoms with Crippen LogP contribution < -0.4 is 5.32 Å². The molecule has 23 heavy (non-hydrogen) atoms. The zero-order chi connectivity index (χ0) is 17.6. The van der Waals surface area contributed by atoms with Gasteiger partial charge in [-0.3, -0.25) is 4.79 Å². The van der Waals surface area contributed by atoms with Crippen molar-refractivity contribution < 1.29 is 22.0 Å². The van der Waals surface area contributed by atoms with Gasteiger partial charge in [-0.05, 0) is 23.6 Å². The van der Waals surface area contributed by atoms with E-state index in [2.05, 4.69) is 5.32 Å². The zero-order valence-electron chi connectivity index (χ0n) is 12.8. The summed E-state index contributed by atoms with van der Waals surface area (Å²) in [6.07, 6.45) is -1.62. The number of alkyl halides is 2. The number of amides is 1. The summed E-state index contributed by atoms with van der Waals surface area (Å²) in [7, 11) is -3.57. The van der Waals surface area contributed by atoms with Crippen LogP contribution in [0.5, 0.6) is 0 Å². The van der Waals surface area contributed by atoms with E-state index in [1.54, 1.807) is 19.9 Å². The molecule has 2 rings (SSSR count). The van der Waals surface area contributed by atoms with Crippen molar-refractivity contribution in [1.29, 1.82) is 5.26 Å². The monoisotopic (exact) mass is 342 g/mol. The third-order valence-electron chi connectivity index (χ3n) is 4.20. The summed E-state index contributed by atoms with van der Waals surface area (Å²) in [4.78, 5) is 12.1. The number of hydrogen-bond donors (Lipinski definition) is 1. The van der Waals surface area contributed by atoms with Crippen molar-refractivity contribution in [3.8, 4) is 6.07 Å². The molecule has 0 aromatic heterocycles. The number of hydrogen-bond acceptors (Lipinski definition) is 4. The van der Waals surface area contributed by atoms with Crippen LogP contribution in [-0.4, -0.2) is 27.0 Å². The minimum absolute atomic E-state index is 0.0590. The van der Waals surface area contributed by atoms with Crippen LogP contribution in [0.2, 0.25) is 0 Å². The lowest BCUT2D eigenvalue weighted by Gasteiger charge is -2.08. The van der Waals surface area contributed by atoms with Crippen LogP contribution >= 0.6 is 0 Å². The second-order valence-corrected chi connectivity index (χ2v) is 8.29. The van der Waals surface area contributed by atoms with Crippen LogP contribution in [0.25, 0.3) is 0 Å². The Kier molecular flexibility index (Phi) is 4.20. The van der Waals surface area contributed by atoms with Gasteiger partial charge in [-0.15, -0.1) is 0 Å². The second-order valence-electron chi connectivity index (χ2n) is 6.28. The van der Waals surface area contributed by atoms with Gasteiger partial charge in [0.05, 0.1) is 22.4 Å². The van der Waals surface area contributed by atoms with Crippen molar-refractivity contribution >= 4 is 21.4 Å². The van der Waals surface area contributed by atoms with Crippen molar-refractivity contribution in [2.45, 2.75) is 25.2 Å². The molecule has 0 heterocycles. The highest BCUT2D eigenvalue weighted by atomic mass is 32.2. The molecule has 1 aromatic rings. The van der Waals surface area contributed by atoms with Gasteiger partial charge in [0.15, 0.2) is 9.84 Å². The molecular weight excluding hydrogens is 326 g/mol. The molecule has 0 unspecified atom stereocenters. The molecule has 2 atom stereocenters. The number of nitriles is 1. The van der Waals surface area contributed by atoms with Gasteiger partial charge in [-0.1, -0.05) is 13.8 Å². The van der Waals surface area contributed by atoms with Crippen molar-refractivity contribution in [1.82, 2.24) is 0 Å². The highest BCUT2D eigenvalue weighted by Crippen LogP contribution is 2.61. The molecule has 0 bridgehead atoms. The maximum atomic E-state index is 12.9. The molecule has 1 saturated carbocycles. The third-order valence-corrected chi connectivity index (χ3v) is 5.29. The number of rotatable bonds is 4. The number of nitrogens with zero attached hydrogens (tertiary/aromatic N) is 1. The molecule has 0 saturated heterocycles. The first-order chi connectivity index (χ1) is 10.5. The number of carbonyl (C=O) groups excluding carboxylic acids is 1. The maximum Gasteiger partial charge on any atom is 0.242 e. The first-order valence-electron chi connectivity index (χ1n) is 6.82. The second kappa shape index (κ2) is 5.57. The number of nitrogens with one attached hydrogen (secondary N) is 1. The van der Waals surface area contributed by atoms with E-state index in [4.69, 9.17) is 5.26 Å². The van der Waals surface area contributed by atoms with E-state index in [-0.39, 0.29) is 16.1 Å². The molecule has 0 radical (unpaired) electrons. The lowest BCUT2D eigenvalue weighted by Crippen LogP contribution is -2.18. The minimum atomic E-state index is -3.57. The SMILES string of the molecule is CC1(C)[C@H](C(=O)Nc2cc(C#N)cc(S(C)(=O)=O)c2)[C@@H]1C(F)F. The standard InChI is InChI=1S/C15H16F2N2O3S/c1-15(2)11(13(16)17)12(15)14(20)19-9-4-8(7-18)5-10(6-9)23(3,21)22/h4-6,11-13H,1-3H3,(H,19,20)/t11-,12+/m1/s1. The van der Waals surface area contributed by atoms with Gasteiger partial charge in [0.2, 0.25) is 12.3 Å². The summed E-state index contributed by atoms with van der Waals surface area (Å²) in [5.74, 6) is -2.49. The Morgan fingerprint density at radius 3 is 2.39 bits per heavy atom. The van der Waals surface area contributed by atoms with Crippen LogP contribution in [0.4, 0.5) is 14.5 Å². The molecule has 1 aliphatic carbocycles. The molecule has 124 valence electrons. The van der Waals surface area contributed by atoms with Crippen molar-refractivity contribution in [2.75, 3.05) is 11.6 Å². The van der Waals surface area contributed by atoms with E-state index >= 15 is 0 Å². The lowest BCUT2D eigenvalue weighted by molar-refractivity contribution is -0.118. The average Bonchev–Trinajstić information content (AvgIpc) is 3.00. The summed E-state index contributed by atoms with van der Waals surface area (Å²) in [6.45, 7) is 3.17. The summed E-state index contributed by atoms with van der Waals surface area (Å²) in [5, 5.41) is 11.4. The predicted molar refractivity (Wildman–Crippen MR) is 79.7 cm³/mol. The third kappa shape index (κ3) is 3.34. The quantitative estimate of drug-likeness (QED) is 0.910. The number of benzene rings is 1. The molecule has 1 aromatic carbocycles. The van der Waals surface area contributed by atoms with E-state index in [0.29, 0.717) is 0 Å². The molecule has 8 heteroatoms. The Labute approximate surface area is 133 Å². The fraction of sp³-hybridized carbons (Fsp3) is 0.467. The number of halogens is 2. The van der Waals surface area contributed by atoms with E-state index in [9.17, 15) is 22.0 Å². The number of sulfone groups is 1. The van der Waals surface area contributed by atoms with Gasteiger partial charge >= 0.3 is 0 Å². The topological polar surface area (TPSA) is 87.0 Å². The molecule has 1 amide bonds. The van der Waals surface area contributed by atoms with Gasteiger partial charge in [0.1, 0.15) is 0 Å². The fourth-order valence-electron chi connectivity index (χ4n) is 2.82. The summed E-state index contributed by atoms with van der Waals surface area (Å²) >= 11 is 0. The number of anilines is 1. The van der Waals surface area contributed by atoms with E-state index in [1.165, 1.54) is 18.2 Å². The maximum absolute atomic E-state index is 12.9. The molecule has 1 N–H and O–H groups in total. The molecule has 0 spiro atoms. The largest absolute Gasteiger partial charge is 0.326 e. The van der Waals surface area contributed by atoms with E-state index in [1.807, 2.05) is 0 Å².